The quantitative estimate of drug-likeness (QED) is 0.277. The van der Waals surface area contributed by atoms with Crippen molar-refractivity contribution < 1.29 is 0 Å². The number of allylic oxidation sites excluding steroid dienone is 1. The summed E-state index contributed by atoms with van der Waals surface area (Å²) in [6.45, 7) is 8.45. The van der Waals surface area contributed by atoms with E-state index in [4.69, 9.17) is 0 Å². The Hall–Kier alpha value is -0.260. The van der Waals surface area contributed by atoms with Crippen LogP contribution in [0.4, 0.5) is 0 Å². The van der Waals surface area contributed by atoms with Gasteiger partial charge < -0.3 is 0 Å². The Morgan fingerprint density at radius 2 is 1.31 bits per heavy atom. The van der Waals surface area contributed by atoms with Crippen LogP contribution in [0.5, 0.6) is 0 Å². The third-order valence-corrected chi connectivity index (χ3v) is 3.43. The Kier molecular flexibility index (Phi) is 12.6. The van der Waals surface area contributed by atoms with E-state index in [0.717, 1.165) is 5.92 Å². The Morgan fingerprint density at radius 3 is 1.88 bits per heavy atom. The molecule has 16 heavy (non-hydrogen) atoms. The van der Waals surface area contributed by atoms with Gasteiger partial charge >= 0.3 is 0 Å². The molecule has 0 aliphatic rings. The molecule has 0 amide bonds. The molecular weight excluding hydrogens is 192 g/mol. The van der Waals surface area contributed by atoms with Crippen LogP contribution in [0.1, 0.15) is 84.5 Å². The second-order valence-electron chi connectivity index (χ2n) is 5.09. The van der Waals surface area contributed by atoms with E-state index >= 15 is 0 Å². The lowest BCUT2D eigenvalue weighted by atomic mass is 9.92. The summed E-state index contributed by atoms with van der Waals surface area (Å²) in [5.41, 5.74) is 0. The smallest absolute Gasteiger partial charge is 0.0325 e. The molecule has 0 spiro atoms. The first-order valence-corrected chi connectivity index (χ1v) is 7.46. The molecule has 0 fully saturated rings. The first-order valence-electron chi connectivity index (χ1n) is 7.46. The molecule has 0 aromatic rings. The predicted molar refractivity (Wildman–Crippen MR) is 75.8 cm³/mol. The fourth-order valence-electron chi connectivity index (χ4n) is 2.34. The summed E-state index contributed by atoms with van der Waals surface area (Å²) in [5.74, 6) is 0.922. The average molecular weight is 224 g/mol. The normalized spacial score (nSPS) is 12.6. The van der Waals surface area contributed by atoms with E-state index in [1.54, 1.807) is 0 Å². The molecule has 0 saturated heterocycles. The summed E-state index contributed by atoms with van der Waals surface area (Å²) < 4.78 is 0. The highest BCUT2D eigenvalue weighted by molar-refractivity contribution is 4.73. The van der Waals surface area contributed by atoms with Gasteiger partial charge in [0, 0.05) is 0 Å². The molecule has 1 atom stereocenters. The van der Waals surface area contributed by atoms with Crippen LogP contribution in [-0.2, 0) is 0 Å². The minimum atomic E-state index is 0.922. The molecule has 0 heterocycles. The third kappa shape index (κ3) is 10.3. The van der Waals surface area contributed by atoms with Crippen LogP contribution in [0.2, 0.25) is 0 Å². The lowest BCUT2D eigenvalue weighted by Gasteiger charge is -2.14. The fraction of sp³-hybridized carbons (Fsp3) is 0.875. The molecule has 0 rings (SSSR count). The van der Waals surface area contributed by atoms with Crippen molar-refractivity contribution >= 4 is 0 Å². The first kappa shape index (κ1) is 15.7. The molecule has 0 saturated carbocycles. The summed E-state index contributed by atoms with van der Waals surface area (Å²) in [6, 6.07) is 0. The van der Waals surface area contributed by atoms with Gasteiger partial charge in [-0.3, -0.25) is 0 Å². The van der Waals surface area contributed by atoms with Crippen LogP contribution in [-0.4, -0.2) is 0 Å². The molecular formula is C16H32. The van der Waals surface area contributed by atoms with Crippen molar-refractivity contribution in [2.24, 2.45) is 5.92 Å². The van der Waals surface area contributed by atoms with Gasteiger partial charge in [-0.05, 0) is 12.3 Å². The highest BCUT2D eigenvalue weighted by atomic mass is 14.1. The molecule has 0 nitrogen and oxygen atoms in total. The highest BCUT2D eigenvalue weighted by Gasteiger charge is 2.06. The standard InChI is InChI=1S/C16H32/c1-4-7-9-10-12-15-16(13-6-3)14-11-8-5-2/h6,16H,3-5,7-15H2,1-2H3. The van der Waals surface area contributed by atoms with Crippen molar-refractivity contribution in [2.75, 3.05) is 0 Å². The molecule has 0 aromatic carbocycles. The van der Waals surface area contributed by atoms with Crippen molar-refractivity contribution in [3.05, 3.63) is 12.7 Å². The van der Waals surface area contributed by atoms with Crippen molar-refractivity contribution in [1.29, 1.82) is 0 Å². The Bertz CT molecular complexity index is 137. The largest absolute Gasteiger partial charge is 0.103 e. The molecule has 96 valence electrons. The highest BCUT2D eigenvalue weighted by Crippen LogP contribution is 2.21. The monoisotopic (exact) mass is 224 g/mol. The lowest BCUT2D eigenvalue weighted by molar-refractivity contribution is 0.410. The van der Waals surface area contributed by atoms with Crippen molar-refractivity contribution in [1.82, 2.24) is 0 Å². The van der Waals surface area contributed by atoms with E-state index in [-0.39, 0.29) is 0 Å². The average Bonchev–Trinajstić information content (AvgIpc) is 2.29. The van der Waals surface area contributed by atoms with Gasteiger partial charge in [0.2, 0.25) is 0 Å². The fourth-order valence-corrected chi connectivity index (χ4v) is 2.34. The summed E-state index contributed by atoms with van der Waals surface area (Å²) in [4.78, 5) is 0. The van der Waals surface area contributed by atoms with E-state index in [2.05, 4.69) is 26.5 Å². The maximum Gasteiger partial charge on any atom is -0.0325 e. The van der Waals surface area contributed by atoms with Crippen molar-refractivity contribution in [2.45, 2.75) is 84.5 Å². The first-order chi connectivity index (χ1) is 7.85. The molecule has 0 bridgehead atoms. The molecule has 0 aliphatic carbocycles. The molecule has 0 aliphatic heterocycles. The van der Waals surface area contributed by atoms with Crippen molar-refractivity contribution in [3.8, 4) is 0 Å². The van der Waals surface area contributed by atoms with Crippen molar-refractivity contribution in [3.63, 3.8) is 0 Å². The minimum Gasteiger partial charge on any atom is -0.103 e. The Morgan fingerprint density at radius 1 is 0.812 bits per heavy atom. The van der Waals surface area contributed by atoms with Gasteiger partial charge in [0.15, 0.2) is 0 Å². The van der Waals surface area contributed by atoms with Gasteiger partial charge in [-0.1, -0.05) is 84.1 Å². The van der Waals surface area contributed by atoms with E-state index in [1.165, 1.54) is 70.6 Å². The minimum absolute atomic E-state index is 0.922. The van der Waals surface area contributed by atoms with E-state index in [0.29, 0.717) is 0 Å². The van der Waals surface area contributed by atoms with Gasteiger partial charge in [0.05, 0.1) is 0 Å². The number of rotatable bonds is 12. The lowest BCUT2D eigenvalue weighted by Crippen LogP contribution is -1.99. The van der Waals surface area contributed by atoms with E-state index in [9.17, 15) is 0 Å². The second kappa shape index (κ2) is 12.8. The predicted octanol–water partition coefficient (Wildman–Crippen LogP) is 6.12. The third-order valence-electron chi connectivity index (χ3n) is 3.43. The van der Waals surface area contributed by atoms with Crippen LogP contribution in [0.3, 0.4) is 0 Å². The summed E-state index contributed by atoms with van der Waals surface area (Å²) in [5, 5.41) is 0. The maximum atomic E-state index is 3.89. The summed E-state index contributed by atoms with van der Waals surface area (Å²) in [7, 11) is 0. The second-order valence-corrected chi connectivity index (χ2v) is 5.09. The number of hydrogen-bond donors (Lipinski definition) is 0. The van der Waals surface area contributed by atoms with Gasteiger partial charge in [-0.15, -0.1) is 6.58 Å². The van der Waals surface area contributed by atoms with Crippen LogP contribution in [0.25, 0.3) is 0 Å². The van der Waals surface area contributed by atoms with Crippen LogP contribution in [0, 0.1) is 5.92 Å². The molecule has 0 radical (unpaired) electrons. The Balaban J connectivity index is 3.47. The zero-order valence-corrected chi connectivity index (χ0v) is 11.6. The molecule has 1 unspecified atom stereocenters. The number of hydrogen-bond acceptors (Lipinski definition) is 0. The van der Waals surface area contributed by atoms with E-state index in [1.807, 2.05) is 0 Å². The van der Waals surface area contributed by atoms with Gasteiger partial charge in [-0.25, -0.2) is 0 Å². The van der Waals surface area contributed by atoms with Crippen LogP contribution >= 0.6 is 0 Å². The van der Waals surface area contributed by atoms with Gasteiger partial charge in [0.1, 0.15) is 0 Å². The van der Waals surface area contributed by atoms with Crippen LogP contribution < -0.4 is 0 Å². The van der Waals surface area contributed by atoms with Gasteiger partial charge in [0.25, 0.3) is 0 Å². The zero-order valence-electron chi connectivity index (χ0n) is 11.6. The topological polar surface area (TPSA) is 0 Å². The van der Waals surface area contributed by atoms with E-state index < -0.39 is 0 Å². The van der Waals surface area contributed by atoms with Gasteiger partial charge in [-0.2, -0.15) is 0 Å². The van der Waals surface area contributed by atoms with Crippen LogP contribution in [0.15, 0.2) is 12.7 Å². The SMILES string of the molecule is C=CCC(CCCCC)CCCCCCC. The molecule has 0 heteroatoms. The zero-order chi connectivity index (χ0) is 12.1. The Labute approximate surface area is 104 Å². The molecule has 0 aromatic heterocycles. The maximum absolute atomic E-state index is 3.89. The summed E-state index contributed by atoms with van der Waals surface area (Å²) >= 11 is 0. The summed E-state index contributed by atoms with van der Waals surface area (Å²) in [6.07, 6.45) is 17.5. The number of unbranched alkanes of at least 4 members (excludes halogenated alkanes) is 6. The molecule has 0 N–H and O–H groups in total.